The number of hydrogen-bond acceptors (Lipinski definition) is 6. The minimum atomic E-state index is -0.365. The molecule has 2 aromatic carbocycles. The van der Waals surface area contributed by atoms with E-state index in [2.05, 4.69) is 33.3 Å². The van der Waals surface area contributed by atoms with E-state index in [1.54, 1.807) is 11.6 Å². The van der Waals surface area contributed by atoms with Crippen LogP contribution in [-0.4, -0.2) is 24.1 Å². The average Bonchev–Trinajstić information content (AvgIpc) is 3.33. The predicted octanol–water partition coefficient (Wildman–Crippen LogP) is 7.08. The second-order valence-electron chi connectivity index (χ2n) is 7.74. The second kappa shape index (κ2) is 11.3. The summed E-state index contributed by atoms with van der Waals surface area (Å²) in [5, 5.41) is 9.21. The maximum absolute atomic E-state index is 14.8. The van der Waals surface area contributed by atoms with Crippen molar-refractivity contribution in [1.29, 1.82) is 0 Å². The van der Waals surface area contributed by atoms with Crippen molar-refractivity contribution in [2.24, 2.45) is 5.92 Å². The minimum Gasteiger partial charge on any atom is -0.383 e. The molecule has 9 heteroatoms. The Bertz CT molecular complexity index is 1090. The fraction of sp³-hybridized carbons (Fsp3) is 0.292. The molecule has 1 aromatic heterocycles. The number of nitrogens with zero attached hydrogens (tertiary/aromatic N) is 1. The van der Waals surface area contributed by atoms with Gasteiger partial charge in [-0.3, -0.25) is 0 Å². The zero-order chi connectivity index (χ0) is 23.2. The molecule has 0 saturated heterocycles. The van der Waals surface area contributed by atoms with Gasteiger partial charge >= 0.3 is 0 Å². The lowest BCUT2D eigenvalue weighted by Gasteiger charge is -2.34. The van der Waals surface area contributed by atoms with Crippen molar-refractivity contribution in [3.63, 3.8) is 0 Å². The molecule has 0 saturated carbocycles. The highest BCUT2D eigenvalue weighted by Gasteiger charge is 2.28. The highest BCUT2D eigenvalue weighted by Crippen LogP contribution is 2.36. The van der Waals surface area contributed by atoms with E-state index in [-0.39, 0.29) is 23.6 Å². The molecule has 3 aromatic rings. The summed E-state index contributed by atoms with van der Waals surface area (Å²) in [5.74, 6) is 0.187. The molecule has 1 aliphatic rings. The van der Waals surface area contributed by atoms with Crippen molar-refractivity contribution in [2.75, 3.05) is 23.1 Å². The van der Waals surface area contributed by atoms with E-state index >= 15 is 0 Å². The van der Waals surface area contributed by atoms with E-state index in [4.69, 9.17) is 11.6 Å². The Morgan fingerprint density at radius 2 is 2.03 bits per heavy atom. The van der Waals surface area contributed by atoms with E-state index in [0.717, 1.165) is 42.5 Å². The fourth-order valence-electron chi connectivity index (χ4n) is 4.05. The lowest BCUT2D eigenvalue weighted by atomic mass is 9.79. The molecule has 33 heavy (non-hydrogen) atoms. The number of allylic oxidation sites excluding steroid dienone is 1. The van der Waals surface area contributed by atoms with Gasteiger partial charge in [0.2, 0.25) is 0 Å². The van der Waals surface area contributed by atoms with Crippen molar-refractivity contribution in [3.8, 4) is 0 Å². The molecule has 2 unspecified atom stereocenters. The quantitative estimate of drug-likeness (QED) is 0.271. The number of thiazole rings is 1. The monoisotopic (exact) mass is 506 g/mol. The van der Waals surface area contributed by atoms with Crippen LogP contribution in [0.3, 0.4) is 0 Å². The molecule has 4 nitrogen and oxygen atoms in total. The molecule has 0 spiro atoms. The molecule has 4 rings (SSSR count). The zero-order valence-electron chi connectivity index (χ0n) is 18.1. The van der Waals surface area contributed by atoms with Crippen LogP contribution < -0.4 is 15.4 Å². The normalized spacial score (nSPS) is 18.1. The van der Waals surface area contributed by atoms with E-state index < -0.39 is 0 Å². The van der Waals surface area contributed by atoms with Gasteiger partial charge in [-0.1, -0.05) is 36.7 Å². The summed E-state index contributed by atoms with van der Waals surface area (Å²) >= 11 is 9.09. The summed E-state index contributed by atoms with van der Waals surface area (Å²) in [6, 6.07) is 9.91. The highest BCUT2D eigenvalue weighted by molar-refractivity contribution is 8.00. The lowest BCUT2D eigenvalue weighted by Crippen LogP contribution is -2.41. The van der Waals surface area contributed by atoms with Crippen LogP contribution in [-0.2, 0) is 0 Å². The molecule has 174 valence electrons. The van der Waals surface area contributed by atoms with Gasteiger partial charge in [0, 0.05) is 23.9 Å². The number of benzene rings is 2. The van der Waals surface area contributed by atoms with Gasteiger partial charge in [-0.05, 0) is 66.7 Å². The largest absolute Gasteiger partial charge is 0.383 e. The molecular formula is C24H25ClF2N4S2. The van der Waals surface area contributed by atoms with Gasteiger partial charge in [-0.2, -0.15) is 0 Å². The summed E-state index contributed by atoms with van der Waals surface area (Å²) in [6.45, 7) is 3.51. The molecule has 1 heterocycles. The molecule has 0 fully saturated rings. The lowest BCUT2D eigenvalue weighted by molar-refractivity contribution is 0.403. The maximum atomic E-state index is 14.8. The number of rotatable bonds is 9. The Morgan fingerprint density at radius 3 is 2.76 bits per heavy atom. The third kappa shape index (κ3) is 6.06. The summed E-state index contributed by atoms with van der Waals surface area (Å²) in [4.78, 5) is 4.52. The van der Waals surface area contributed by atoms with Crippen molar-refractivity contribution in [1.82, 2.24) is 10.3 Å². The van der Waals surface area contributed by atoms with Gasteiger partial charge in [-0.25, -0.2) is 13.8 Å². The first-order valence-electron chi connectivity index (χ1n) is 10.8. The Labute approximate surface area is 206 Å². The zero-order valence-corrected chi connectivity index (χ0v) is 20.5. The maximum Gasteiger partial charge on any atom is 0.147 e. The highest BCUT2D eigenvalue weighted by atomic mass is 35.5. The molecule has 1 aliphatic carbocycles. The van der Waals surface area contributed by atoms with Gasteiger partial charge in [0.05, 0.1) is 21.1 Å². The summed E-state index contributed by atoms with van der Waals surface area (Å²) in [5.41, 5.74) is 4.42. The van der Waals surface area contributed by atoms with Crippen LogP contribution in [0.5, 0.6) is 0 Å². The Kier molecular flexibility index (Phi) is 8.25. The average molecular weight is 507 g/mol. The number of anilines is 2. The molecule has 2 atom stereocenters. The van der Waals surface area contributed by atoms with E-state index in [9.17, 15) is 8.78 Å². The third-order valence-corrected chi connectivity index (χ3v) is 7.35. The van der Waals surface area contributed by atoms with Crippen molar-refractivity contribution in [3.05, 3.63) is 75.6 Å². The van der Waals surface area contributed by atoms with Crippen LogP contribution >= 0.6 is 34.9 Å². The van der Waals surface area contributed by atoms with Gasteiger partial charge < -0.3 is 15.4 Å². The molecule has 0 bridgehead atoms. The van der Waals surface area contributed by atoms with Crippen LogP contribution in [0, 0.1) is 17.6 Å². The van der Waals surface area contributed by atoms with Gasteiger partial charge in [0.1, 0.15) is 17.5 Å². The molecule has 3 N–H and O–H groups in total. The smallest absolute Gasteiger partial charge is 0.147 e. The number of hydrogen-bond donors (Lipinski definition) is 3. The first-order chi connectivity index (χ1) is 16.0. The van der Waals surface area contributed by atoms with Crippen molar-refractivity contribution >= 4 is 52.0 Å². The fourth-order valence-corrected chi connectivity index (χ4v) is 5.57. The first kappa shape index (κ1) is 24.0. The number of halogens is 3. The SMILES string of the molecule is CCNC1CCC=C(c2ccc(F)cc2)C1CNc1cc(F)c(SNc2cscn2)cc1Cl. The molecule has 0 radical (unpaired) electrons. The molecule has 0 aliphatic heterocycles. The van der Waals surface area contributed by atoms with Crippen LogP contribution in [0.2, 0.25) is 5.02 Å². The summed E-state index contributed by atoms with van der Waals surface area (Å²) in [7, 11) is 0. The molecular weight excluding hydrogens is 482 g/mol. The van der Waals surface area contributed by atoms with Crippen LogP contribution in [0.25, 0.3) is 5.57 Å². The molecule has 0 amide bonds. The van der Waals surface area contributed by atoms with Crippen LogP contribution in [0.1, 0.15) is 25.3 Å². The number of nitrogens with one attached hydrogen (secondary N) is 3. The summed E-state index contributed by atoms with van der Waals surface area (Å²) in [6.07, 6.45) is 4.18. The predicted molar refractivity (Wildman–Crippen MR) is 136 cm³/mol. The van der Waals surface area contributed by atoms with Crippen molar-refractivity contribution in [2.45, 2.75) is 30.7 Å². The second-order valence-corrected chi connectivity index (χ2v) is 9.71. The van der Waals surface area contributed by atoms with Crippen LogP contribution in [0.15, 0.2) is 58.3 Å². The first-order valence-corrected chi connectivity index (χ1v) is 12.9. The van der Waals surface area contributed by atoms with Crippen LogP contribution in [0.4, 0.5) is 20.3 Å². The van der Waals surface area contributed by atoms with Crippen molar-refractivity contribution < 1.29 is 8.78 Å². The van der Waals surface area contributed by atoms with E-state index in [0.29, 0.717) is 28.0 Å². The van der Waals surface area contributed by atoms with Gasteiger partial charge in [-0.15, -0.1) is 11.3 Å². The van der Waals surface area contributed by atoms with Gasteiger partial charge in [0.25, 0.3) is 0 Å². The topological polar surface area (TPSA) is 49.0 Å². The number of aromatic nitrogens is 1. The standard InChI is InChI=1S/C24H25ClF2N4S2/c1-2-28-21-5-3-4-17(15-6-8-16(26)9-7-15)18(21)12-29-22-11-20(27)23(10-19(22)25)33-31-24-13-32-14-30-24/h4,6-11,13-14,18,21,28-29,31H,2-3,5,12H2,1H3. The Morgan fingerprint density at radius 1 is 1.21 bits per heavy atom. The Hall–Kier alpha value is -2.13. The third-order valence-electron chi connectivity index (χ3n) is 5.60. The Balaban J connectivity index is 1.50. The van der Waals surface area contributed by atoms with E-state index in [1.165, 1.54) is 29.5 Å². The van der Waals surface area contributed by atoms with Gasteiger partial charge in [0.15, 0.2) is 0 Å². The van der Waals surface area contributed by atoms with E-state index in [1.807, 2.05) is 17.5 Å². The minimum absolute atomic E-state index is 0.128. The summed E-state index contributed by atoms with van der Waals surface area (Å²) < 4.78 is 31.2.